The summed E-state index contributed by atoms with van der Waals surface area (Å²) in [5.41, 5.74) is 2.36. The van der Waals surface area contributed by atoms with Crippen molar-refractivity contribution in [2.45, 2.75) is 58.1 Å². The van der Waals surface area contributed by atoms with Crippen molar-refractivity contribution in [3.8, 4) is 5.75 Å². The van der Waals surface area contributed by atoms with Crippen LogP contribution in [0.25, 0.3) is 0 Å². The number of aryl methyl sites for hydroxylation is 1. The molecule has 0 radical (unpaired) electrons. The van der Waals surface area contributed by atoms with Gasteiger partial charge in [-0.25, -0.2) is 9.97 Å². The summed E-state index contributed by atoms with van der Waals surface area (Å²) in [4.78, 5) is 24.5. The fraction of sp³-hybridized carbons (Fsp3) is 0.522. The second kappa shape index (κ2) is 8.11. The summed E-state index contributed by atoms with van der Waals surface area (Å²) >= 11 is 0. The highest BCUT2D eigenvalue weighted by molar-refractivity contribution is 5.85. The number of carbonyl (C=O) groups excluding carboxylic acids is 1. The number of benzene rings is 1. The van der Waals surface area contributed by atoms with E-state index in [1.165, 1.54) is 6.42 Å². The van der Waals surface area contributed by atoms with E-state index in [1.807, 2.05) is 56.1 Å². The Balaban J connectivity index is 1.44. The fourth-order valence-corrected chi connectivity index (χ4v) is 4.10. The number of aromatic nitrogens is 2. The lowest BCUT2D eigenvalue weighted by atomic mass is 9.97. The molecule has 1 atom stereocenters. The van der Waals surface area contributed by atoms with Gasteiger partial charge >= 0.3 is 0 Å². The van der Waals surface area contributed by atoms with E-state index in [1.54, 1.807) is 0 Å². The summed E-state index contributed by atoms with van der Waals surface area (Å²) in [6.07, 6.45) is 4.99. The van der Waals surface area contributed by atoms with Crippen LogP contribution in [0.4, 0.5) is 0 Å². The number of hydrogen-bond acceptors (Lipinski definition) is 5. The van der Waals surface area contributed by atoms with Crippen LogP contribution in [-0.2, 0) is 17.8 Å². The second-order valence-corrected chi connectivity index (χ2v) is 8.65. The lowest BCUT2D eigenvalue weighted by Gasteiger charge is -2.35. The van der Waals surface area contributed by atoms with Crippen LogP contribution in [0.2, 0.25) is 0 Å². The van der Waals surface area contributed by atoms with Crippen molar-refractivity contribution in [3.05, 3.63) is 53.1 Å². The third kappa shape index (κ3) is 4.42. The van der Waals surface area contributed by atoms with Crippen LogP contribution in [0, 0.1) is 6.92 Å². The summed E-state index contributed by atoms with van der Waals surface area (Å²) < 4.78 is 6.03. The molecule has 4 rings (SSSR count). The molecule has 1 N–H and O–H groups in total. The molecule has 1 unspecified atom stereocenters. The van der Waals surface area contributed by atoms with Gasteiger partial charge in [0.05, 0.1) is 5.69 Å². The Hall–Kier alpha value is -2.47. The van der Waals surface area contributed by atoms with E-state index in [0.717, 1.165) is 48.6 Å². The first-order valence-corrected chi connectivity index (χ1v) is 10.5. The second-order valence-electron chi connectivity index (χ2n) is 8.65. The minimum Gasteiger partial charge on any atom is -0.478 e. The zero-order chi connectivity index (χ0) is 20.4. The lowest BCUT2D eigenvalue weighted by molar-refractivity contribution is -0.146. The van der Waals surface area contributed by atoms with Crippen LogP contribution in [0.5, 0.6) is 5.75 Å². The lowest BCUT2D eigenvalue weighted by Crippen LogP contribution is -2.50. The summed E-state index contributed by atoms with van der Waals surface area (Å²) in [5.74, 6) is 2.04. The number of nitrogens with one attached hydrogen (secondary N) is 1. The van der Waals surface area contributed by atoms with Crippen LogP contribution in [-0.4, -0.2) is 46.0 Å². The predicted molar refractivity (Wildman–Crippen MR) is 112 cm³/mol. The summed E-state index contributed by atoms with van der Waals surface area (Å²) in [6, 6.07) is 7.80. The van der Waals surface area contributed by atoms with Crippen molar-refractivity contribution in [1.82, 2.24) is 20.2 Å². The zero-order valence-corrected chi connectivity index (χ0v) is 17.6. The summed E-state index contributed by atoms with van der Waals surface area (Å²) in [7, 11) is 0. The quantitative estimate of drug-likeness (QED) is 0.864. The molecule has 154 valence electrons. The maximum Gasteiger partial charge on any atom is 0.266 e. The molecule has 1 amide bonds. The van der Waals surface area contributed by atoms with E-state index in [2.05, 4.69) is 10.3 Å². The van der Waals surface area contributed by atoms with E-state index < -0.39 is 5.60 Å². The third-order valence-corrected chi connectivity index (χ3v) is 5.81. The van der Waals surface area contributed by atoms with E-state index in [0.29, 0.717) is 24.8 Å². The van der Waals surface area contributed by atoms with Gasteiger partial charge in [0.1, 0.15) is 11.6 Å². The van der Waals surface area contributed by atoms with Gasteiger partial charge in [0.25, 0.3) is 5.91 Å². The van der Waals surface area contributed by atoms with Crippen LogP contribution in [0.3, 0.4) is 0 Å². The van der Waals surface area contributed by atoms with Crippen molar-refractivity contribution in [1.29, 1.82) is 0 Å². The number of amides is 1. The first-order valence-electron chi connectivity index (χ1n) is 10.5. The molecule has 0 spiro atoms. The zero-order valence-electron chi connectivity index (χ0n) is 17.6. The van der Waals surface area contributed by atoms with E-state index in [9.17, 15) is 4.79 Å². The van der Waals surface area contributed by atoms with Crippen molar-refractivity contribution < 1.29 is 9.53 Å². The molecule has 0 bridgehead atoms. The topological polar surface area (TPSA) is 67.3 Å². The van der Waals surface area contributed by atoms with Crippen molar-refractivity contribution >= 4 is 5.91 Å². The molecule has 0 saturated carbocycles. The number of nitrogens with zero attached hydrogens (tertiary/aromatic N) is 3. The van der Waals surface area contributed by atoms with Gasteiger partial charge in [-0.15, -0.1) is 0 Å². The average Bonchev–Trinajstić information content (AvgIpc) is 2.74. The molecular weight excluding hydrogens is 364 g/mol. The molecule has 6 nitrogen and oxygen atoms in total. The van der Waals surface area contributed by atoms with Gasteiger partial charge in [-0.3, -0.25) is 4.79 Å². The predicted octanol–water partition coefficient (Wildman–Crippen LogP) is 2.99. The number of ether oxygens (including phenoxy) is 1. The van der Waals surface area contributed by atoms with Gasteiger partial charge < -0.3 is 15.0 Å². The highest BCUT2D eigenvalue weighted by Gasteiger charge is 2.36. The normalized spacial score (nSPS) is 19.6. The molecule has 6 heteroatoms. The molecule has 1 aromatic carbocycles. The molecule has 1 aromatic heterocycles. The molecule has 3 heterocycles. The summed E-state index contributed by atoms with van der Waals surface area (Å²) in [5, 5.41) is 3.43. The Morgan fingerprint density at radius 1 is 1.28 bits per heavy atom. The first-order chi connectivity index (χ1) is 13.9. The van der Waals surface area contributed by atoms with Gasteiger partial charge in [0, 0.05) is 43.7 Å². The maximum absolute atomic E-state index is 13.2. The van der Waals surface area contributed by atoms with E-state index in [4.69, 9.17) is 9.72 Å². The number of hydrogen-bond donors (Lipinski definition) is 1. The van der Waals surface area contributed by atoms with Crippen molar-refractivity contribution in [3.63, 3.8) is 0 Å². The molecule has 0 aliphatic carbocycles. The number of fused-ring (bicyclic) bond motifs is 1. The van der Waals surface area contributed by atoms with Crippen LogP contribution in [0.1, 0.15) is 55.3 Å². The molecule has 2 aliphatic heterocycles. The summed E-state index contributed by atoms with van der Waals surface area (Å²) in [6.45, 7) is 8.93. The Bertz CT molecular complexity index is 873. The van der Waals surface area contributed by atoms with Crippen molar-refractivity contribution in [2.24, 2.45) is 0 Å². The molecule has 1 fully saturated rings. The Morgan fingerprint density at radius 2 is 2.07 bits per heavy atom. The third-order valence-electron chi connectivity index (χ3n) is 5.81. The minimum absolute atomic E-state index is 0.00992. The highest BCUT2D eigenvalue weighted by Crippen LogP contribution is 2.26. The Morgan fingerprint density at radius 3 is 2.79 bits per heavy atom. The van der Waals surface area contributed by atoms with Gasteiger partial charge in [0.2, 0.25) is 0 Å². The SMILES string of the molecule is Cc1ccc(OC(C)(C)C(=O)N2CCc3nc(C4CCCNC4)ncc3C2)cc1. The standard InChI is InChI=1S/C23H30N4O2/c1-16-6-8-19(9-7-16)29-23(2,3)22(28)27-12-10-20-18(15-27)14-25-21(26-20)17-5-4-11-24-13-17/h6-9,14,17,24H,4-5,10-13,15H2,1-3H3. The van der Waals surface area contributed by atoms with Crippen LogP contribution < -0.4 is 10.1 Å². The first kappa shape index (κ1) is 19.8. The van der Waals surface area contributed by atoms with Gasteiger partial charge in [-0.1, -0.05) is 17.7 Å². The molecule has 2 aromatic rings. The van der Waals surface area contributed by atoms with Gasteiger partial charge in [-0.2, -0.15) is 0 Å². The molecule has 1 saturated heterocycles. The van der Waals surface area contributed by atoms with Crippen LogP contribution >= 0.6 is 0 Å². The van der Waals surface area contributed by atoms with E-state index in [-0.39, 0.29) is 5.91 Å². The van der Waals surface area contributed by atoms with E-state index >= 15 is 0 Å². The number of piperidine rings is 1. The van der Waals surface area contributed by atoms with Gasteiger partial charge in [0.15, 0.2) is 5.60 Å². The highest BCUT2D eigenvalue weighted by atomic mass is 16.5. The molecule has 29 heavy (non-hydrogen) atoms. The number of rotatable bonds is 4. The Labute approximate surface area is 172 Å². The molecular formula is C23H30N4O2. The maximum atomic E-state index is 13.2. The molecule has 2 aliphatic rings. The van der Waals surface area contributed by atoms with Crippen LogP contribution in [0.15, 0.2) is 30.5 Å². The monoisotopic (exact) mass is 394 g/mol. The van der Waals surface area contributed by atoms with Gasteiger partial charge in [-0.05, 0) is 52.3 Å². The average molecular weight is 395 g/mol. The smallest absolute Gasteiger partial charge is 0.266 e. The number of carbonyl (C=O) groups is 1. The minimum atomic E-state index is -0.929. The van der Waals surface area contributed by atoms with Crippen molar-refractivity contribution in [2.75, 3.05) is 19.6 Å². The fourth-order valence-electron chi connectivity index (χ4n) is 4.10. The Kier molecular flexibility index (Phi) is 5.54. The largest absolute Gasteiger partial charge is 0.478 e.